The zero-order valence-electron chi connectivity index (χ0n) is 14.1. The van der Waals surface area contributed by atoms with Crippen LogP contribution in [0.3, 0.4) is 0 Å². The van der Waals surface area contributed by atoms with Crippen LogP contribution in [-0.2, 0) is 0 Å². The molecule has 0 amide bonds. The molecule has 2 aromatic carbocycles. The summed E-state index contributed by atoms with van der Waals surface area (Å²) in [6, 6.07) is 20.9. The van der Waals surface area contributed by atoms with Gasteiger partial charge in [-0.3, -0.25) is 0 Å². The third-order valence-corrected chi connectivity index (χ3v) is 3.47. The van der Waals surface area contributed by atoms with Gasteiger partial charge in [-0.05, 0) is 41.7 Å². The van der Waals surface area contributed by atoms with Crippen LogP contribution < -0.4 is 0 Å². The quantitative estimate of drug-likeness (QED) is 0.545. The third kappa shape index (κ3) is 4.33. The van der Waals surface area contributed by atoms with Crippen molar-refractivity contribution in [3.63, 3.8) is 0 Å². The monoisotopic (exact) mass is 290 g/mol. The average Bonchev–Trinajstić information content (AvgIpc) is 2.60. The fourth-order valence-corrected chi connectivity index (χ4v) is 2.47. The van der Waals surface area contributed by atoms with Crippen LogP contribution in [0.25, 0.3) is 11.1 Å². The largest absolute Gasteiger partial charge is 0.0984 e. The Bertz CT molecular complexity index is 628. The van der Waals surface area contributed by atoms with Gasteiger partial charge in [0.25, 0.3) is 0 Å². The van der Waals surface area contributed by atoms with E-state index in [4.69, 9.17) is 0 Å². The molecule has 0 bridgehead atoms. The van der Waals surface area contributed by atoms with Crippen LogP contribution in [0.15, 0.2) is 85.0 Å². The summed E-state index contributed by atoms with van der Waals surface area (Å²) in [5, 5.41) is 0. The smallest absolute Gasteiger partial charge is 0.0155 e. The lowest BCUT2D eigenvalue weighted by Gasteiger charge is -2.13. The summed E-state index contributed by atoms with van der Waals surface area (Å²) < 4.78 is 0. The normalized spacial score (nSPS) is 11.9. The Labute approximate surface area is 135 Å². The molecule has 0 radical (unpaired) electrons. The minimum atomic E-state index is 1.18. The van der Waals surface area contributed by atoms with Crippen molar-refractivity contribution in [1.29, 1.82) is 0 Å². The van der Waals surface area contributed by atoms with E-state index in [1.807, 2.05) is 32.1 Å². The Morgan fingerprint density at radius 3 is 1.68 bits per heavy atom. The number of hydrogen-bond donors (Lipinski definition) is 0. The molecule has 0 saturated heterocycles. The van der Waals surface area contributed by atoms with Crippen molar-refractivity contribution in [2.24, 2.45) is 0 Å². The molecule has 0 atom stereocenters. The zero-order chi connectivity index (χ0) is 16.4. The predicted molar refractivity (Wildman–Crippen MR) is 101 cm³/mol. The molecule has 0 heteroatoms. The second-order valence-corrected chi connectivity index (χ2v) is 4.68. The topological polar surface area (TPSA) is 0 Å². The van der Waals surface area contributed by atoms with Crippen LogP contribution in [0, 0.1) is 0 Å². The lowest BCUT2D eigenvalue weighted by atomic mass is 9.91. The first kappa shape index (κ1) is 17.7. The molecule has 0 saturated carbocycles. The van der Waals surface area contributed by atoms with E-state index >= 15 is 0 Å². The first-order valence-corrected chi connectivity index (χ1v) is 7.88. The summed E-state index contributed by atoms with van der Waals surface area (Å²) in [5.41, 5.74) is 6.13. The number of rotatable bonds is 4. The van der Waals surface area contributed by atoms with E-state index < -0.39 is 0 Å². The Morgan fingerprint density at radius 2 is 1.27 bits per heavy atom. The van der Waals surface area contributed by atoms with Crippen LogP contribution in [0.1, 0.15) is 38.8 Å². The highest BCUT2D eigenvalue weighted by Crippen LogP contribution is 2.30. The van der Waals surface area contributed by atoms with Gasteiger partial charge in [-0.15, -0.1) is 0 Å². The van der Waals surface area contributed by atoms with Crippen LogP contribution >= 0.6 is 0 Å². The van der Waals surface area contributed by atoms with Crippen molar-refractivity contribution < 1.29 is 0 Å². The molecule has 0 aliphatic heterocycles. The second kappa shape index (κ2) is 9.57. The first-order valence-electron chi connectivity index (χ1n) is 7.88. The highest BCUT2D eigenvalue weighted by Gasteiger charge is 2.08. The molecule has 0 unspecified atom stereocenters. The molecular formula is C22H26. The summed E-state index contributed by atoms with van der Waals surface area (Å²) >= 11 is 0. The molecule has 0 aliphatic carbocycles. The number of hydrogen-bond acceptors (Lipinski definition) is 0. The van der Waals surface area contributed by atoms with Gasteiger partial charge >= 0.3 is 0 Å². The Balaban J connectivity index is 0.00000116. The van der Waals surface area contributed by atoms with E-state index in [0.717, 1.165) is 0 Å². The zero-order valence-corrected chi connectivity index (χ0v) is 14.1. The second-order valence-electron chi connectivity index (χ2n) is 4.68. The van der Waals surface area contributed by atoms with E-state index in [-0.39, 0.29) is 0 Å². The van der Waals surface area contributed by atoms with Crippen molar-refractivity contribution in [2.45, 2.75) is 27.7 Å². The van der Waals surface area contributed by atoms with Crippen LogP contribution in [0.2, 0.25) is 0 Å². The van der Waals surface area contributed by atoms with Gasteiger partial charge < -0.3 is 0 Å². The molecule has 0 heterocycles. The molecular weight excluding hydrogens is 264 g/mol. The van der Waals surface area contributed by atoms with Gasteiger partial charge in [0.15, 0.2) is 0 Å². The van der Waals surface area contributed by atoms with E-state index in [0.29, 0.717) is 0 Å². The predicted octanol–water partition coefficient (Wildman–Crippen LogP) is 6.78. The molecule has 0 aromatic heterocycles. The Morgan fingerprint density at radius 1 is 0.818 bits per heavy atom. The van der Waals surface area contributed by atoms with E-state index in [1.165, 1.54) is 27.8 Å². The minimum absolute atomic E-state index is 1.18. The van der Waals surface area contributed by atoms with Gasteiger partial charge in [0, 0.05) is 0 Å². The van der Waals surface area contributed by atoms with E-state index in [1.54, 1.807) is 0 Å². The highest BCUT2D eigenvalue weighted by molar-refractivity contribution is 5.91. The molecule has 2 aromatic rings. The van der Waals surface area contributed by atoms with Crippen LogP contribution in [0.5, 0.6) is 0 Å². The minimum Gasteiger partial charge on any atom is -0.0984 e. The number of allylic oxidation sites excluding steroid dienone is 5. The van der Waals surface area contributed by atoms with Gasteiger partial charge in [0.05, 0.1) is 0 Å². The maximum Gasteiger partial charge on any atom is -0.0155 e. The molecule has 114 valence electrons. The van der Waals surface area contributed by atoms with Gasteiger partial charge in [0.2, 0.25) is 0 Å². The standard InChI is InChI=1S/C20H20.C2H6/c1-4-19(17-12-8-6-9-13-17)16(3)20(5-2)18-14-10-7-11-15-18;1-2/h4-15H,1H2,2-3H3;1-2H3/b19-16+,20-5+;. The molecule has 0 fully saturated rings. The first-order chi connectivity index (χ1) is 10.8. The Hall–Kier alpha value is -2.34. The fourth-order valence-electron chi connectivity index (χ4n) is 2.47. The maximum atomic E-state index is 3.98. The molecule has 0 aliphatic rings. The average molecular weight is 290 g/mol. The van der Waals surface area contributed by atoms with Crippen molar-refractivity contribution in [1.82, 2.24) is 0 Å². The summed E-state index contributed by atoms with van der Waals surface area (Å²) in [4.78, 5) is 0. The fraction of sp³-hybridized carbons (Fsp3) is 0.182. The molecule has 0 nitrogen and oxygen atoms in total. The summed E-state index contributed by atoms with van der Waals surface area (Å²) in [5.74, 6) is 0. The highest BCUT2D eigenvalue weighted by atomic mass is 14.1. The van der Waals surface area contributed by atoms with Crippen molar-refractivity contribution in [2.75, 3.05) is 0 Å². The summed E-state index contributed by atoms with van der Waals surface area (Å²) in [7, 11) is 0. The molecule has 2 rings (SSSR count). The lowest BCUT2D eigenvalue weighted by Crippen LogP contribution is -1.91. The molecule has 22 heavy (non-hydrogen) atoms. The van der Waals surface area contributed by atoms with E-state index in [2.05, 4.69) is 75.0 Å². The van der Waals surface area contributed by atoms with Crippen molar-refractivity contribution >= 4 is 11.1 Å². The SMILES string of the molecule is C=C/C(=C(C)\C(=C/C)c1ccccc1)c1ccccc1.CC. The van der Waals surface area contributed by atoms with Crippen LogP contribution in [0.4, 0.5) is 0 Å². The van der Waals surface area contributed by atoms with Gasteiger partial charge in [-0.1, -0.05) is 93.2 Å². The molecule has 0 spiro atoms. The third-order valence-electron chi connectivity index (χ3n) is 3.47. The van der Waals surface area contributed by atoms with Gasteiger partial charge in [-0.2, -0.15) is 0 Å². The van der Waals surface area contributed by atoms with Gasteiger partial charge in [0.1, 0.15) is 0 Å². The summed E-state index contributed by atoms with van der Waals surface area (Å²) in [6.07, 6.45) is 4.11. The Kier molecular flexibility index (Phi) is 7.70. The maximum absolute atomic E-state index is 3.98. The van der Waals surface area contributed by atoms with E-state index in [9.17, 15) is 0 Å². The molecule has 0 N–H and O–H groups in total. The number of benzene rings is 2. The van der Waals surface area contributed by atoms with Crippen molar-refractivity contribution in [3.05, 3.63) is 96.1 Å². The lowest BCUT2D eigenvalue weighted by molar-refractivity contribution is 1.47. The van der Waals surface area contributed by atoms with Crippen LogP contribution in [-0.4, -0.2) is 0 Å². The van der Waals surface area contributed by atoms with Gasteiger partial charge in [-0.25, -0.2) is 0 Å². The summed E-state index contributed by atoms with van der Waals surface area (Å²) in [6.45, 7) is 12.2. The van der Waals surface area contributed by atoms with Crippen molar-refractivity contribution in [3.8, 4) is 0 Å².